The molecule has 1 amide bonds. The van der Waals surface area contributed by atoms with Crippen molar-refractivity contribution < 1.29 is 13.6 Å². The molecule has 1 N–H and O–H groups in total. The first kappa shape index (κ1) is 13.1. The highest BCUT2D eigenvalue weighted by atomic mass is 19.2. The number of carbonyl (C=O) groups is 1. The largest absolute Gasteiger partial charge is 0.346 e. The van der Waals surface area contributed by atoms with Gasteiger partial charge in [0, 0.05) is 18.0 Å². The van der Waals surface area contributed by atoms with Crippen LogP contribution >= 0.6 is 0 Å². The smallest absolute Gasteiger partial charge is 0.251 e. The highest BCUT2D eigenvalue weighted by molar-refractivity contribution is 5.94. The molecule has 1 atom stereocenters. The highest BCUT2D eigenvalue weighted by Crippen LogP contribution is 2.16. The number of halogens is 2. The molecule has 2 aromatic rings. The van der Waals surface area contributed by atoms with E-state index in [4.69, 9.17) is 0 Å². The van der Waals surface area contributed by atoms with Crippen molar-refractivity contribution >= 4 is 5.91 Å². The van der Waals surface area contributed by atoms with E-state index in [0.717, 1.165) is 12.1 Å². The summed E-state index contributed by atoms with van der Waals surface area (Å²) in [7, 11) is 0. The minimum absolute atomic E-state index is 0.292. The van der Waals surface area contributed by atoms with E-state index in [2.05, 4.69) is 10.3 Å². The SMILES string of the molecule is CC(NC(=O)c1ccncc1)c1ccc(F)c(F)c1. The fourth-order valence-corrected chi connectivity index (χ4v) is 1.65. The first-order chi connectivity index (χ1) is 9.08. The molecule has 3 nitrogen and oxygen atoms in total. The summed E-state index contributed by atoms with van der Waals surface area (Å²) < 4.78 is 25.9. The summed E-state index contributed by atoms with van der Waals surface area (Å²) in [6.45, 7) is 1.70. The van der Waals surface area contributed by atoms with Crippen molar-refractivity contribution in [3.63, 3.8) is 0 Å². The number of nitrogens with zero attached hydrogens (tertiary/aromatic N) is 1. The molecule has 1 heterocycles. The minimum atomic E-state index is -0.928. The van der Waals surface area contributed by atoms with E-state index in [1.54, 1.807) is 19.1 Å². The van der Waals surface area contributed by atoms with Crippen LogP contribution in [0.25, 0.3) is 0 Å². The first-order valence-corrected chi connectivity index (χ1v) is 5.74. The summed E-state index contributed by atoms with van der Waals surface area (Å²) in [6, 6.07) is 6.29. The van der Waals surface area contributed by atoms with E-state index in [0.29, 0.717) is 11.1 Å². The number of carbonyl (C=O) groups excluding carboxylic acids is 1. The molecule has 0 radical (unpaired) electrons. The number of nitrogens with one attached hydrogen (secondary N) is 1. The Hall–Kier alpha value is -2.30. The molecule has 0 saturated heterocycles. The molecule has 0 saturated carbocycles. The van der Waals surface area contributed by atoms with Gasteiger partial charge in [-0.2, -0.15) is 0 Å². The van der Waals surface area contributed by atoms with Gasteiger partial charge in [-0.05, 0) is 36.8 Å². The lowest BCUT2D eigenvalue weighted by molar-refractivity contribution is 0.0939. The van der Waals surface area contributed by atoms with E-state index < -0.39 is 17.7 Å². The van der Waals surface area contributed by atoms with E-state index in [-0.39, 0.29) is 5.91 Å². The number of hydrogen-bond acceptors (Lipinski definition) is 2. The second-order valence-electron chi connectivity index (χ2n) is 4.10. The molecule has 1 unspecified atom stereocenters. The predicted molar refractivity (Wildman–Crippen MR) is 66.5 cm³/mol. The summed E-state index contributed by atoms with van der Waals surface area (Å²) in [5.41, 5.74) is 0.964. The zero-order chi connectivity index (χ0) is 13.8. The van der Waals surface area contributed by atoms with Gasteiger partial charge in [0.15, 0.2) is 11.6 Å². The molecule has 0 fully saturated rings. The van der Waals surface area contributed by atoms with Crippen molar-refractivity contribution in [3.05, 3.63) is 65.5 Å². The van der Waals surface area contributed by atoms with Crippen LogP contribution in [0.5, 0.6) is 0 Å². The standard InChI is InChI=1S/C14H12F2N2O/c1-9(11-2-3-12(15)13(16)8-11)18-14(19)10-4-6-17-7-5-10/h2-9H,1H3,(H,18,19). The van der Waals surface area contributed by atoms with Crippen molar-refractivity contribution in [2.45, 2.75) is 13.0 Å². The van der Waals surface area contributed by atoms with E-state index in [1.165, 1.54) is 18.5 Å². The van der Waals surface area contributed by atoms with Gasteiger partial charge in [-0.15, -0.1) is 0 Å². The maximum absolute atomic E-state index is 13.1. The van der Waals surface area contributed by atoms with Crippen LogP contribution in [0.15, 0.2) is 42.7 Å². The average molecular weight is 262 g/mol. The first-order valence-electron chi connectivity index (χ1n) is 5.74. The van der Waals surface area contributed by atoms with Gasteiger partial charge >= 0.3 is 0 Å². The van der Waals surface area contributed by atoms with Crippen LogP contribution in [0.4, 0.5) is 8.78 Å². The Labute approximate surface area is 109 Å². The normalized spacial score (nSPS) is 11.9. The van der Waals surface area contributed by atoms with Crippen LogP contribution < -0.4 is 5.32 Å². The van der Waals surface area contributed by atoms with Crippen molar-refractivity contribution in [2.75, 3.05) is 0 Å². The molecular weight excluding hydrogens is 250 g/mol. The Morgan fingerprint density at radius 2 is 1.84 bits per heavy atom. The van der Waals surface area contributed by atoms with Gasteiger partial charge in [0.05, 0.1) is 6.04 Å². The number of hydrogen-bond donors (Lipinski definition) is 1. The molecule has 0 bridgehead atoms. The number of aromatic nitrogens is 1. The van der Waals surface area contributed by atoms with Crippen LogP contribution in [-0.4, -0.2) is 10.9 Å². The van der Waals surface area contributed by atoms with Crippen LogP contribution in [0, 0.1) is 11.6 Å². The maximum atomic E-state index is 13.1. The zero-order valence-electron chi connectivity index (χ0n) is 10.2. The van der Waals surface area contributed by atoms with Crippen LogP contribution in [0.1, 0.15) is 28.9 Å². The fraction of sp³-hybridized carbons (Fsp3) is 0.143. The molecule has 0 aliphatic rings. The predicted octanol–water partition coefficient (Wildman–Crippen LogP) is 2.85. The number of rotatable bonds is 3. The van der Waals surface area contributed by atoms with Gasteiger partial charge in [0.2, 0.25) is 0 Å². The molecule has 1 aromatic heterocycles. The number of benzene rings is 1. The molecule has 0 aliphatic carbocycles. The third-order valence-electron chi connectivity index (χ3n) is 2.73. The maximum Gasteiger partial charge on any atom is 0.251 e. The highest BCUT2D eigenvalue weighted by Gasteiger charge is 2.13. The monoisotopic (exact) mass is 262 g/mol. The van der Waals surface area contributed by atoms with Gasteiger partial charge in [0.25, 0.3) is 5.91 Å². The average Bonchev–Trinajstić information content (AvgIpc) is 2.42. The molecule has 2 rings (SSSR count). The van der Waals surface area contributed by atoms with Gasteiger partial charge in [-0.1, -0.05) is 6.07 Å². The van der Waals surface area contributed by atoms with Crippen molar-refractivity contribution in [3.8, 4) is 0 Å². The van der Waals surface area contributed by atoms with Crippen molar-refractivity contribution in [1.82, 2.24) is 10.3 Å². The van der Waals surface area contributed by atoms with Gasteiger partial charge in [0.1, 0.15) is 0 Å². The third-order valence-corrected chi connectivity index (χ3v) is 2.73. The lowest BCUT2D eigenvalue weighted by atomic mass is 10.1. The molecule has 98 valence electrons. The van der Waals surface area contributed by atoms with Crippen molar-refractivity contribution in [1.29, 1.82) is 0 Å². The molecule has 1 aromatic carbocycles. The summed E-state index contributed by atoms with van der Waals surface area (Å²) in [5.74, 6) is -2.13. The fourth-order valence-electron chi connectivity index (χ4n) is 1.65. The Morgan fingerprint density at radius 1 is 1.16 bits per heavy atom. The molecule has 0 spiro atoms. The molecule has 5 heteroatoms. The molecular formula is C14H12F2N2O. The second-order valence-corrected chi connectivity index (χ2v) is 4.10. The quantitative estimate of drug-likeness (QED) is 0.924. The lowest BCUT2D eigenvalue weighted by Crippen LogP contribution is -2.26. The number of pyridine rings is 1. The van der Waals surface area contributed by atoms with Gasteiger partial charge < -0.3 is 5.32 Å². The lowest BCUT2D eigenvalue weighted by Gasteiger charge is -2.14. The zero-order valence-corrected chi connectivity index (χ0v) is 10.2. The second kappa shape index (κ2) is 5.56. The minimum Gasteiger partial charge on any atom is -0.346 e. The Kier molecular flexibility index (Phi) is 3.85. The Bertz CT molecular complexity index is 587. The summed E-state index contributed by atoms with van der Waals surface area (Å²) in [5, 5.41) is 2.70. The third kappa shape index (κ3) is 3.13. The van der Waals surface area contributed by atoms with Gasteiger partial charge in [-0.3, -0.25) is 9.78 Å². The van der Waals surface area contributed by atoms with E-state index >= 15 is 0 Å². The summed E-state index contributed by atoms with van der Waals surface area (Å²) in [6.07, 6.45) is 3.02. The Balaban J connectivity index is 2.10. The van der Waals surface area contributed by atoms with E-state index in [9.17, 15) is 13.6 Å². The van der Waals surface area contributed by atoms with Crippen LogP contribution in [0.3, 0.4) is 0 Å². The number of amides is 1. The van der Waals surface area contributed by atoms with Crippen LogP contribution in [0.2, 0.25) is 0 Å². The molecule has 0 aliphatic heterocycles. The summed E-state index contributed by atoms with van der Waals surface area (Å²) in [4.78, 5) is 15.7. The van der Waals surface area contributed by atoms with Gasteiger partial charge in [-0.25, -0.2) is 8.78 Å². The summed E-state index contributed by atoms with van der Waals surface area (Å²) >= 11 is 0. The Morgan fingerprint density at radius 3 is 2.47 bits per heavy atom. The molecule has 19 heavy (non-hydrogen) atoms. The van der Waals surface area contributed by atoms with E-state index in [1.807, 2.05) is 0 Å². The topological polar surface area (TPSA) is 42.0 Å². The van der Waals surface area contributed by atoms with Crippen molar-refractivity contribution in [2.24, 2.45) is 0 Å². The van der Waals surface area contributed by atoms with Crippen LogP contribution in [-0.2, 0) is 0 Å².